The third-order valence-electron chi connectivity index (χ3n) is 5.73. The summed E-state index contributed by atoms with van der Waals surface area (Å²) < 4.78 is 4.96. The number of hydrogen-bond acceptors (Lipinski definition) is 6. The van der Waals surface area contributed by atoms with Gasteiger partial charge in [-0.2, -0.15) is 0 Å². The predicted molar refractivity (Wildman–Crippen MR) is 137 cm³/mol. The van der Waals surface area contributed by atoms with E-state index in [2.05, 4.69) is 20.6 Å². The van der Waals surface area contributed by atoms with Crippen LogP contribution in [0, 0.1) is 5.92 Å². The molecule has 0 fully saturated rings. The Balaban J connectivity index is 1.60. The molecule has 7 heteroatoms. The molecule has 0 aliphatic heterocycles. The summed E-state index contributed by atoms with van der Waals surface area (Å²) in [6, 6.07) is 24.2. The van der Waals surface area contributed by atoms with Crippen molar-refractivity contribution in [2.24, 2.45) is 5.92 Å². The molecule has 2 N–H and O–H groups in total. The zero-order valence-corrected chi connectivity index (χ0v) is 20.0. The molecule has 0 unspecified atom stereocenters. The fourth-order valence-corrected chi connectivity index (χ4v) is 3.89. The highest BCUT2D eigenvalue weighted by molar-refractivity contribution is 6.00. The molecular weight excluding hydrogens is 440 g/mol. The first-order chi connectivity index (χ1) is 17.0. The van der Waals surface area contributed by atoms with Gasteiger partial charge < -0.3 is 15.4 Å². The summed E-state index contributed by atoms with van der Waals surface area (Å²) in [6.07, 6.45) is 0. The van der Waals surface area contributed by atoms with Crippen molar-refractivity contribution in [2.45, 2.75) is 26.4 Å². The average molecular weight is 469 g/mol. The van der Waals surface area contributed by atoms with E-state index in [9.17, 15) is 9.59 Å². The van der Waals surface area contributed by atoms with E-state index < -0.39 is 6.04 Å². The highest BCUT2D eigenvalue weighted by atomic mass is 16.5. The largest absolute Gasteiger partial charge is 0.467 e. The molecule has 4 aromatic rings. The van der Waals surface area contributed by atoms with E-state index in [1.165, 1.54) is 7.11 Å². The van der Waals surface area contributed by atoms with Crippen molar-refractivity contribution in [3.8, 4) is 11.1 Å². The van der Waals surface area contributed by atoms with E-state index in [4.69, 9.17) is 4.74 Å². The van der Waals surface area contributed by atoms with Gasteiger partial charge in [-0.15, -0.1) is 0 Å². The van der Waals surface area contributed by atoms with Gasteiger partial charge in [0.05, 0.1) is 19.2 Å². The summed E-state index contributed by atoms with van der Waals surface area (Å²) in [5.41, 5.74) is 3.11. The Kier molecular flexibility index (Phi) is 7.35. The van der Waals surface area contributed by atoms with Crippen LogP contribution in [0.5, 0.6) is 0 Å². The van der Waals surface area contributed by atoms with E-state index >= 15 is 0 Å². The van der Waals surface area contributed by atoms with Crippen LogP contribution in [0.2, 0.25) is 0 Å². The second-order valence-electron chi connectivity index (χ2n) is 8.49. The lowest BCUT2D eigenvalue weighted by atomic mass is 9.99. The normalized spacial score (nSPS) is 11.8. The van der Waals surface area contributed by atoms with E-state index in [0.717, 1.165) is 16.5 Å². The minimum Gasteiger partial charge on any atom is -0.467 e. The maximum absolute atomic E-state index is 13.1. The van der Waals surface area contributed by atoms with Crippen molar-refractivity contribution in [1.82, 2.24) is 15.3 Å². The number of nitrogens with one attached hydrogen (secondary N) is 2. The second kappa shape index (κ2) is 10.8. The Labute approximate surface area is 204 Å². The van der Waals surface area contributed by atoms with E-state index in [0.29, 0.717) is 22.7 Å². The van der Waals surface area contributed by atoms with Gasteiger partial charge in [0, 0.05) is 10.9 Å². The molecule has 0 aliphatic carbocycles. The summed E-state index contributed by atoms with van der Waals surface area (Å²) >= 11 is 0. The number of methoxy groups -OCH3 is 1. The number of esters is 1. The summed E-state index contributed by atoms with van der Waals surface area (Å²) in [4.78, 5) is 34.7. The number of nitrogens with zero attached hydrogens (tertiary/aromatic N) is 2. The number of para-hydroxylation sites is 1. The molecular formula is C28H28N4O3. The molecule has 1 atom stereocenters. The number of fused-ring (bicyclic) bond motifs is 1. The van der Waals surface area contributed by atoms with Crippen molar-refractivity contribution in [3.63, 3.8) is 0 Å². The number of ether oxygens (including phenoxy) is 1. The standard InChI is InChI=1S/C28H28N4O3/c1-18(2)25(28(34)35-3)32-26-22-15-9-10-16-23(22)30-24(31-26)17-29-27(33)21-14-8-7-13-20(21)19-11-5-4-6-12-19/h4-16,18,25H,17H2,1-3H3,(H,29,33)(H,30,31,32)/t25-/m0/s1. The SMILES string of the molecule is COC(=O)[C@@H](Nc1nc(CNC(=O)c2ccccc2-c2ccccc2)nc2ccccc12)C(C)C. The number of benzene rings is 3. The molecule has 0 saturated heterocycles. The van der Waals surface area contributed by atoms with Crippen LogP contribution in [0.1, 0.15) is 30.0 Å². The number of aromatic nitrogens is 2. The molecule has 0 radical (unpaired) electrons. The van der Waals surface area contributed by atoms with Crippen molar-refractivity contribution >= 4 is 28.6 Å². The van der Waals surface area contributed by atoms with E-state index in [-0.39, 0.29) is 24.3 Å². The van der Waals surface area contributed by atoms with Gasteiger partial charge in [-0.1, -0.05) is 74.5 Å². The maximum atomic E-state index is 13.1. The number of hydrogen-bond donors (Lipinski definition) is 2. The number of amides is 1. The van der Waals surface area contributed by atoms with Crippen molar-refractivity contribution in [1.29, 1.82) is 0 Å². The number of rotatable bonds is 8. The van der Waals surface area contributed by atoms with Crippen molar-refractivity contribution in [3.05, 3.63) is 90.3 Å². The van der Waals surface area contributed by atoms with Crippen LogP contribution >= 0.6 is 0 Å². The Hall–Kier alpha value is -4.26. The third kappa shape index (κ3) is 5.46. The van der Waals surface area contributed by atoms with Gasteiger partial charge in [0.25, 0.3) is 5.91 Å². The Morgan fingerprint density at radius 1 is 0.886 bits per heavy atom. The smallest absolute Gasteiger partial charge is 0.328 e. The Bertz CT molecular complexity index is 1340. The van der Waals surface area contributed by atoms with Crippen LogP contribution in [0.15, 0.2) is 78.9 Å². The minimum absolute atomic E-state index is 0.0196. The van der Waals surface area contributed by atoms with Gasteiger partial charge in [0.1, 0.15) is 11.9 Å². The maximum Gasteiger partial charge on any atom is 0.328 e. The van der Waals surface area contributed by atoms with Gasteiger partial charge in [-0.25, -0.2) is 14.8 Å². The first kappa shape index (κ1) is 23.9. The van der Waals surface area contributed by atoms with Gasteiger partial charge in [0.2, 0.25) is 0 Å². The molecule has 178 valence electrons. The summed E-state index contributed by atoms with van der Waals surface area (Å²) in [6.45, 7) is 4.00. The van der Waals surface area contributed by atoms with Gasteiger partial charge in [0.15, 0.2) is 5.82 Å². The van der Waals surface area contributed by atoms with Crippen molar-refractivity contribution in [2.75, 3.05) is 12.4 Å². The lowest BCUT2D eigenvalue weighted by molar-refractivity contribution is -0.142. The summed E-state index contributed by atoms with van der Waals surface area (Å²) in [5, 5.41) is 6.95. The molecule has 0 aliphatic rings. The zero-order chi connectivity index (χ0) is 24.8. The molecule has 0 saturated carbocycles. The molecule has 0 spiro atoms. The minimum atomic E-state index is -0.571. The van der Waals surface area contributed by atoms with Crippen LogP contribution in [-0.4, -0.2) is 35.0 Å². The first-order valence-corrected chi connectivity index (χ1v) is 11.5. The third-order valence-corrected chi connectivity index (χ3v) is 5.73. The van der Waals surface area contributed by atoms with Crippen LogP contribution in [0.3, 0.4) is 0 Å². The monoisotopic (exact) mass is 468 g/mol. The van der Waals surface area contributed by atoms with Crippen LogP contribution in [0.25, 0.3) is 22.0 Å². The fourth-order valence-electron chi connectivity index (χ4n) is 3.89. The Morgan fingerprint density at radius 2 is 1.57 bits per heavy atom. The predicted octanol–water partition coefficient (Wildman–Crippen LogP) is 4.84. The molecule has 3 aromatic carbocycles. The van der Waals surface area contributed by atoms with E-state index in [1.54, 1.807) is 6.07 Å². The van der Waals surface area contributed by atoms with Crippen molar-refractivity contribution < 1.29 is 14.3 Å². The number of carbonyl (C=O) groups excluding carboxylic acids is 2. The average Bonchev–Trinajstić information content (AvgIpc) is 2.90. The zero-order valence-electron chi connectivity index (χ0n) is 20.0. The molecule has 0 bridgehead atoms. The summed E-state index contributed by atoms with van der Waals surface area (Å²) in [5.74, 6) is 0.354. The van der Waals surface area contributed by atoms with Gasteiger partial charge in [-0.3, -0.25) is 4.79 Å². The lowest BCUT2D eigenvalue weighted by Gasteiger charge is -2.21. The second-order valence-corrected chi connectivity index (χ2v) is 8.49. The first-order valence-electron chi connectivity index (χ1n) is 11.5. The lowest BCUT2D eigenvalue weighted by Crippen LogP contribution is -2.36. The molecule has 4 rings (SSSR count). The van der Waals surface area contributed by atoms with E-state index in [1.807, 2.05) is 86.6 Å². The molecule has 1 aromatic heterocycles. The molecule has 7 nitrogen and oxygen atoms in total. The quantitative estimate of drug-likeness (QED) is 0.360. The van der Waals surface area contributed by atoms with Gasteiger partial charge in [-0.05, 0) is 35.2 Å². The molecule has 35 heavy (non-hydrogen) atoms. The highest BCUT2D eigenvalue weighted by Crippen LogP contribution is 2.24. The van der Waals surface area contributed by atoms with Crippen LogP contribution in [0.4, 0.5) is 5.82 Å². The highest BCUT2D eigenvalue weighted by Gasteiger charge is 2.24. The van der Waals surface area contributed by atoms with Crippen LogP contribution in [-0.2, 0) is 16.1 Å². The van der Waals surface area contributed by atoms with Gasteiger partial charge >= 0.3 is 5.97 Å². The molecule has 1 heterocycles. The Morgan fingerprint density at radius 3 is 2.31 bits per heavy atom. The summed E-state index contributed by atoms with van der Waals surface area (Å²) in [7, 11) is 1.37. The molecule has 1 amide bonds. The number of anilines is 1. The number of carbonyl (C=O) groups is 2. The fraction of sp³-hybridized carbons (Fsp3) is 0.214. The topological polar surface area (TPSA) is 93.2 Å². The van der Waals surface area contributed by atoms with Crippen LogP contribution < -0.4 is 10.6 Å².